The number of hydrogen-bond donors (Lipinski definition) is 0. The van der Waals surface area contributed by atoms with Crippen molar-refractivity contribution in [3.05, 3.63) is 60.1 Å². The normalized spacial score (nSPS) is 17.6. The number of amides is 1. The lowest BCUT2D eigenvalue weighted by molar-refractivity contribution is -0.140. The Morgan fingerprint density at radius 1 is 1.19 bits per heavy atom. The summed E-state index contributed by atoms with van der Waals surface area (Å²) in [4.78, 5) is 27.1. The fourth-order valence-corrected chi connectivity index (χ4v) is 6.08. The number of likely N-dealkylation sites (N-methyl/N-ethyl adjacent to an activating group) is 1. The molecule has 0 bridgehead atoms. The van der Waals surface area contributed by atoms with E-state index in [4.69, 9.17) is 4.74 Å². The molecule has 0 radical (unpaired) electrons. The molecule has 1 aliphatic rings. The molecule has 2 aromatic rings. The summed E-state index contributed by atoms with van der Waals surface area (Å²) in [5, 5.41) is 0. The molecule has 0 saturated heterocycles. The number of nitrogens with zero attached hydrogens (tertiary/aromatic N) is 2. The zero-order valence-corrected chi connectivity index (χ0v) is 22.9. The molecule has 0 aromatic heterocycles. The molecule has 0 fully saturated rings. The predicted molar refractivity (Wildman–Crippen MR) is 141 cm³/mol. The molecule has 0 aliphatic carbocycles. The maximum absolute atomic E-state index is 14.1. The SMILES string of the molecule is CCCCC1CN(C(=O)c2ccccc2)c2cc(SC)c(O/C=C(\F)C(=O)OCC)cc2S(=O)(=O)N1C. The van der Waals surface area contributed by atoms with Crippen LogP contribution in [0.4, 0.5) is 10.1 Å². The summed E-state index contributed by atoms with van der Waals surface area (Å²) in [6, 6.07) is 11.0. The zero-order valence-electron chi connectivity index (χ0n) is 21.3. The lowest BCUT2D eigenvalue weighted by atomic mass is 10.1. The number of esters is 1. The van der Waals surface area contributed by atoms with E-state index < -0.39 is 27.9 Å². The number of anilines is 1. The molecule has 1 unspecified atom stereocenters. The number of ether oxygens (including phenoxy) is 2. The van der Waals surface area contributed by atoms with Crippen LogP contribution in [-0.2, 0) is 19.6 Å². The van der Waals surface area contributed by atoms with E-state index >= 15 is 0 Å². The van der Waals surface area contributed by atoms with Crippen molar-refractivity contribution in [2.45, 2.75) is 48.9 Å². The van der Waals surface area contributed by atoms with Crippen molar-refractivity contribution in [2.75, 3.05) is 31.4 Å². The standard InChI is InChI=1S/C26H31FN2O6S2/c1-5-7-13-19-16-29(25(30)18-11-9-8-10-12-18)21-14-23(36-4)22(15-24(21)37(32,33)28(19)3)35-17-20(27)26(31)34-6-2/h8-12,14-15,17,19H,5-7,13,16H2,1-4H3/b20-17-. The van der Waals surface area contributed by atoms with Crippen LogP contribution in [-0.4, -0.2) is 57.1 Å². The summed E-state index contributed by atoms with van der Waals surface area (Å²) >= 11 is 1.23. The number of benzene rings is 2. The highest BCUT2D eigenvalue weighted by Crippen LogP contribution is 2.41. The van der Waals surface area contributed by atoms with Crippen molar-refractivity contribution in [1.29, 1.82) is 0 Å². The Balaban J connectivity index is 2.17. The van der Waals surface area contributed by atoms with E-state index in [9.17, 15) is 22.4 Å². The van der Waals surface area contributed by atoms with Crippen LogP contribution < -0.4 is 9.64 Å². The first kappa shape index (κ1) is 28.7. The zero-order chi connectivity index (χ0) is 27.2. The number of sulfonamides is 1. The van der Waals surface area contributed by atoms with Gasteiger partial charge in [0, 0.05) is 31.3 Å². The summed E-state index contributed by atoms with van der Waals surface area (Å²) in [5.74, 6) is -2.75. The molecule has 1 amide bonds. The van der Waals surface area contributed by atoms with Crippen LogP contribution in [0.15, 0.2) is 64.3 Å². The van der Waals surface area contributed by atoms with Gasteiger partial charge in [0.05, 0.1) is 17.2 Å². The molecule has 0 saturated carbocycles. The van der Waals surface area contributed by atoms with Gasteiger partial charge in [-0.15, -0.1) is 11.8 Å². The third-order valence-electron chi connectivity index (χ3n) is 6.02. The molecule has 11 heteroatoms. The second-order valence-electron chi connectivity index (χ2n) is 8.37. The van der Waals surface area contributed by atoms with Gasteiger partial charge in [0.1, 0.15) is 16.9 Å². The lowest BCUT2D eigenvalue weighted by Crippen LogP contribution is -2.43. The Morgan fingerprint density at radius 2 is 1.89 bits per heavy atom. The first-order valence-corrected chi connectivity index (χ1v) is 14.6. The second-order valence-corrected chi connectivity index (χ2v) is 11.2. The largest absolute Gasteiger partial charge is 0.461 e. The van der Waals surface area contributed by atoms with Gasteiger partial charge in [-0.3, -0.25) is 4.79 Å². The van der Waals surface area contributed by atoms with E-state index in [-0.39, 0.29) is 35.4 Å². The highest BCUT2D eigenvalue weighted by molar-refractivity contribution is 7.98. The molecule has 0 N–H and O–H groups in total. The lowest BCUT2D eigenvalue weighted by Gasteiger charge is -2.28. The minimum absolute atomic E-state index is 0.00987. The molecule has 1 heterocycles. The molecule has 200 valence electrons. The number of hydrogen-bond acceptors (Lipinski definition) is 7. The summed E-state index contributed by atoms with van der Waals surface area (Å²) in [6.45, 7) is 3.72. The minimum Gasteiger partial charge on any atom is -0.461 e. The van der Waals surface area contributed by atoms with Crippen molar-refractivity contribution >= 4 is 39.3 Å². The van der Waals surface area contributed by atoms with Crippen LogP contribution in [0.1, 0.15) is 43.5 Å². The molecular weight excluding hydrogens is 519 g/mol. The maximum Gasteiger partial charge on any atom is 0.370 e. The number of carbonyl (C=O) groups is 2. The molecule has 1 aliphatic heterocycles. The van der Waals surface area contributed by atoms with Crippen LogP contribution in [0.3, 0.4) is 0 Å². The maximum atomic E-state index is 14.1. The smallest absolute Gasteiger partial charge is 0.370 e. The Morgan fingerprint density at radius 3 is 2.51 bits per heavy atom. The Hall–Kier alpha value is -2.89. The summed E-state index contributed by atoms with van der Waals surface area (Å²) in [7, 11) is -2.55. The van der Waals surface area contributed by atoms with Gasteiger partial charge in [0.15, 0.2) is 0 Å². The number of halogens is 1. The average molecular weight is 551 g/mol. The highest BCUT2D eigenvalue weighted by Gasteiger charge is 2.39. The van der Waals surface area contributed by atoms with E-state index in [1.807, 2.05) is 6.92 Å². The first-order valence-electron chi connectivity index (χ1n) is 11.9. The third kappa shape index (κ3) is 6.34. The van der Waals surface area contributed by atoms with E-state index in [1.54, 1.807) is 49.6 Å². The third-order valence-corrected chi connectivity index (χ3v) is 8.72. The fraction of sp³-hybridized carbons (Fsp3) is 0.385. The molecule has 2 aromatic carbocycles. The predicted octanol–water partition coefficient (Wildman–Crippen LogP) is 5.00. The van der Waals surface area contributed by atoms with Crippen molar-refractivity contribution in [3.8, 4) is 5.75 Å². The molecule has 37 heavy (non-hydrogen) atoms. The average Bonchev–Trinajstić information content (AvgIpc) is 2.98. The molecule has 1 atom stereocenters. The molecular formula is C26H31FN2O6S2. The monoisotopic (exact) mass is 550 g/mol. The topological polar surface area (TPSA) is 93.2 Å². The van der Waals surface area contributed by atoms with Gasteiger partial charge in [0.2, 0.25) is 15.9 Å². The number of unbranched alkanes of at least 4 members (excludes halogenated alkanes) is 1. The highest BCUT2D eigenvalue weighted by atomic mass is 32.2. The quantitative estimate of drug-likeness (QED) is 0.188. The molecule has 3 rings (SSSR count). The van der Waals surface area contributed by atoms with Gasteiger partial charge in [0.25, 0.3) is 5.91 Å². The second kappa shape index (κ2) is 12.6. The first-order chi connectivity index (χ1) is 17.6. The molecule has 8 nitrogen and oxygen atoms in total. The van der Waals surface area contributed by atoms with Gasteiger partial charge in [-0.1, -0.05) is 38.0 Å². The van der Waals surface area contributed by atoms with Gasteiger partial charge in [-0.25, -0.2) is 13.2 Å². The summed E-state index contributed by atoms with van der Waals surface area (Å²) in [5.41, 5.74) is 0.640. The number of rotatable bonds is 9. The summed E-state index contributed by atoms with van der Waals surface area (Å²) in [6.07, 6.45) is 4.56. The Labute approximate surface area is 221 Å². The number of thioether (sulfide) groups is 1. The van der Waals surface area contributed by atoms with Crippen molar-refractivity contribution in [1.82, 2.24) is 4.31 Å². The Kier molecular flexibility index (Phi) is 9.74. The van der Waals surface area contributed by atoms with E-state index in [1.165, 1.54) is 34.1 Å². The number of fused-ring (bicyclic) bond motifs is 1. The molecule has 0 spiro atoms. The van der Waals surface area contributed by atoms with Crippen molar-refractivity contribution < 1.29 is 31.9 Å². The van der Waals surface area contributed by atoms with Crippen LogP contribution in [0.25, 0.3) is 0 Å². The van der Waals surface area contributed by atoms with Crippen molar-refractivity contribution in [3.63, 3.8) is 0 Å². The van der Waals surface area contributed by atoms with Gasteiger partial charge < -0.3 is 14.4 Å². The Bertz CT molecular complexity index is 1270. The van der Waals surface area contributed by atoms with E-state index in [0.717, 1.165) is 12.8 Å². The minimum atomic E-state index is -4.05. The van der Waals surface area contributed by atoms with Gasteiger partial charge in [-0.05, 0) is 37.8 Å². The number of carbonyl (C=O) groups excluding carboxylic acids is 2. The van der Waals surface area contributed by atoms with E-state index in [0.29, 0.717) is 23.1 Å². The fourth-order valence-electron chi connectivity index (χ4n) is 3.98. The van der Waals surface area contributed by atoms with Crippen molar-refractivity contribution in [2.24, 2.45) is 0 Å². The van der Waals surface area contributed by atoms with Crippen LogP contribution in [0.5, 0.6) is 5.75 Å². The van der Waals surface area contributed by atoms with Crippen LogP contribution in [0.2, 0.25) is 0 Å². The van der Waals surface area contributed by atoms with Crippen LogP contribution >= 0.6 is 11.8 Å². The summed E-state index contributed by atoms with van der Waals surface area (Å²) < 4.78 is 52.9. The van der Waals surface area contributed by atoms with Crippen LogP contribution in [0, 0.1) is 0 Å². The van der Waals surface area contributed by atoms with E-state index in [2.05, 4.69) is 4.74 Å². The van der Waals surface area contributed by atoms with Gasteiger partial charge >= 0.3 is 5.97 Å². The van der Waals surface area contributed by atoms with Gasteiger partial charge in [-0.2, -0.15) is 8.70 Å².